The highest BCUT2D eigenvalue weighted by Gasteiger charge is 2.17. The van der Waals surface area contributed by atoms with Gasteiger partial charge in [0.2, 0.25) is 5.91 Å². The fourth-order valence-corrected chi connectivity index (χ4v) is 3.25. The molecular formula is C17H16N4O3S. The lowest BCUT2D eigenvalue weighted by molar-refractivity contribution is -0.384. The van der Waals surface area contributed by atoms with Gasteiger partial charge in [0, 0.05) is 13.1 Å². The van der Waals surface area contributed by atoms with Gasteiger partial charge < -0.3 is 9.88 Å². The van der Waals surface area contributed by atoms with Crippen LogP contribution in [0.25, 0.3) is 11.0 Å². The number of fused-ring (bicyclic) bond motifs is 1. The Bertz CT molecular complexity index is 968. The molecule has 0 aliphatic heterocycles. The summed E-state index contributed by atoms with van der Waals surface area (Å²) in [5, 5.41) is 14.4. The van der Waals surface area contributed by atoms with E-state index >= 15 is 0 Å². The minimum atomic E-state index is -0.499. The first-order chi connectivity index (χ1) is 12.0. The van der Waals surface area contributed by atoms with Gasteiger partial charge in [-0.2, -0.15) is 0 Å². The molecule has 0 fully saturated rings. The highest BCUT2D eigenvalue weighted by atomic mass is 32.2. The van der Waals surface area contributed by atoms with E-state index in [0.29, 0.717) is 0 Å². The standard InChI is InChI=1S/C17H16N4O3S/c1-11-7-8-13(15(9-11)21(23)24)18-16(22)10-25-17-19-12-5-3-4-6-14(12)20(17)2/h3-9H,10H2,1-2H3,(H,18,22). The second-order valence-corrected chi connectivity index (χ2v) is 6.50. The Morgan fingerprint density at radius 1 is 1.32 bits per heavy atom. The van der Waals surface area contributed by atoms with E-state index in [2.05, 4.69) is 10.3 Å². The number of hydrogen-bond acceptors (Lipinski definition) is 5. The molecule has 7 nitrogen and oxygen atoms in total. The Morgan fingerprint density at radius 3 is 2.80 bits per heavy atom. The van der Waals surface area contributed by atoms with Crippen molar-refractivity contribution in [3.8, 4) is 0 Å². The van der Waals surface area contributed by atoms with Crippen molar-refractivity contribution in [2.24, 2.45) is 7.05 Å². The second kappa shape index (κ2) is 6.94. The summed E-state index contributed by atoms with van der Waals surface area (Å²) in [4.78, 5) is 27.3. The Kier molecular flexibility index (Phi) is 4.71. The maximum atomic E-state index is 12.2. The highest BCUT2D eigenvalue weighted by molar-refractivity contribution is 7.99. The second-order valence-electron chi connectivity index (χ2n) is 5.56. The van der Waals surface area contributed by atoms with E-state index in [1.165, 1.54) is 17.8 Å². The van der Waals surface area contributed by atoms with Gasteiger partial charge in [0.15, 0.2) is 5.16 Å². The molecule has 1 N–H and O–H groups in total. The average molecular weight is 356 g/mol. The summed E-state index contributed by atoms with van der Waals surface area (Å²) in [5.74, 6) is -0.202. The van der Waals surface area contributed by atoms with Gasteiger partial charge in [-0.3, -0.25) is 14.9 Å². The third-order valence-electron chi connectivity index (χ3n) is 3.70. The van der Waals surface area contributed by atoms with E-state index in [0.717, 1.165) is 21.8 Å². The summed E-state index contributed by atoms with van der Waals surface area (Å²) in [6.45, 7) is 1.76. The molecule has 0 radical (unpaired) electrons. The van der Waals surface area contributed by atoms with Crippen molar-refractivity contribution in [2.45, 2.75) is 12.1 Å². The minimum absolute atomic E-state index is 0.110. The topological polar surface area (TPSA) is 90.1 Å². The predicted octanol–water partition coefficient (Wildman–Crippen LogP) is 3.52. The average Bonchev–Trinajstić information content (AvgIpc) is 2.91. The number of nitro benzene ring substituents is 1. The zero-order chi connectivity index (χ0) is 18.0. The first-order valence-electron chi connectivity index (χ1n) is 7.55. The Labute approximate surface area is 148 Å². The molecular weight excluding hydrogens is 340 g/mol. The van der Waals surface area contributed by atoms with Crippen molar-refractivity contribution in [3.05, 3.63) is 58.1 Å². The quantitative estimate of drug-likeness (QED) is 0.429. The van der Waals surface area contributed by atoms with Crippen molar-refractivity contribution in [2.75, 3.05) is 11.1 Å². The smallest absolute Gasteiger partial charge is 0.293 e. The third-order valence-corrected chi connectivity index (χ3v) is 4.73. The van der Waals surface area contributed by atoms with Gasteiger partial charge in [-0.05, 0) is 30.7 Å². The van der Waals surface area contributed by atoms with E-state index < -0.39 is 4.92 Å². The van der Waals surface area contributed by atoms with Gasteiger partial charge >= 0.3 is 0 Å². The number of nitro groups is 1. The number of carbonyl (C=O) groups excluding carboxylic acids is 1. The van der Waals surface area contributed by atoms with Crippen molar-refractivity contribution in [3.63, 3.8) is 0 Å². The zero-order valence-electron chi connectivity index (χ0n) is 13.7. The number of rotatable bonds is 5. The maximum absolute atomic E-state index is 12.2. The molecule has 1 heterocycles. The van der Waals surface area contributed by atoms with Crippen LogP contribution in [-0.4, -0.2) is 26.1 Å². The number of carbonyl (C=O) groups is 1. The molecule has 1 amide bonds. The first-order valence-corrected chi connectivity index (χ1v) is 8.53. The molecule has 128 valence electrons. The number of aromatic nitrogens is 2. The molecule has 0 saturated heterocycles. The number of aryl methyl sites for hydroxylation is 2. The summed E-state index contributed by atoms with van der Waals surface area (Å²) in [6.07, 6.45) is 0. The van der Waals surface area contributed by atoms with Crippen LogP contribution >= 0.6 is 11.8 Å². The molecule has 8 heteroatoms. The lowest BCUT2D eigenvalue weighted by atomic mass is 10.2. The molecule has 3 aromatic rings. The van der Waals surface area contributed by atoms with Crippen LogP contribution in [-0.2, 0) is 11.8 Å². The fraction of sp³-hybridized carbons (Fsp3) is 0.176. The van der Waals surface area contributed by atoms with Crippen LogP contribution in [0.3, 0.4) is 0 Å². The highest BCUT2D eigenvalue weighted by Crippen LogP contribution is 2.26. The van der Waals surface area contributed by atoms with Crippen molar-refractivity contribution in [1.82, 2.24) is 9.55 Å². The molecule has 3 rings (SSSR count). The Balaban J connectivity index is 1.71. The van der Waals surface area contributed by atoms with Crippen molar-refractivity contribution < 1.29 is 9.72 Å². The van der Waals surface area contributed by atoms with E-state index in [1.54, 1.807) is 19.1 Å². The number of para-hydroxylation sites is 2. The number of benzene rings is 2. The van der Waals surface area contributed by atoms with Crippen LogP contribution < -0.4 is 5.32 Å². The zero-order valence-corrected chi connectivity index (χ0v) is 14.5. The van der Waals surface area contributed by atoms with Gasteiger partial charge in [0.25, 0.3) is 5.69 Å². The van der Waals surface area contributed by atoms with E-state index in [-0.39, 0.29) is 23.0 Å². The van der Waals surface area contributed by atoms with Crippen LogP contribution in [0.2, 0.25) is 0 Å². The van der Waals surface area contributed by atoms with Gasteiger partial charge in [0.05, 0.1) is 21.7 Å². The van der Waals surface area contributed by atoms with Crippen LogP contribution in [0.15, 0.2) is 47.6 Å². The molecule has 0 aliphatic rings. The lowest BCUT2D eigenvalue weighted by Gasteiger charge is -2.06. The molecule has 0 spiro atoms. The number of amides is 1. The number of hydrogen-bond donors (Lipinski definition) is 1. The Morgan fingerprint density at radius 2 is 2.08 bits per heavy atom. The monoisotopic (exact) mass is 356 g/mol. The van der Waals surface area contributed by atoms with E-state index in [1.807, 2.05) is 35.9 Å². The first kappa shape index (κ1) is 17.0. The fourth-order valence-electron chi connectivity index (χ4n) is 2.47. The maximum Gasteiger partial charge on any atom is 0.293 e. The molecule has 0 saturated carbocycles. The summed E-state index contributed by atoms with van der Waals surface area (Å²) in [7, 11) is 1.89. The molecule has 25 heavy (non-hydrogen) atoms. The van der Waals surface area contributed by atoms with Gasteiger partial charge in [-0.1, -0.05) is 30.0 Å². The SMILES string of the molecule is Cc1ccc(NC(=O)CSc2nc3ccccc3n2C)c([N+](=O)[O-])c1. The molecule has 0 unspecified atom stereocenters. The molecule has 2 aromatic carbocycles. The van der Waals surface area contributed by atoms with E-state index in [4.69, 9.17) is 0 Å². The number of imidazole rings is 1. The van der Waals surface area contributed by atoms with Gasteiger partial charge in [0.1, 0.15) is 5.69 Å². The number of nitrogens with zero attached hydrogens (tertiary/aromatic N) is 3. The largest absolute Gasteiger partial charge is 0.322 e. The summed E-state index contributed by atoms with van der Waals surface area (Å²) >= 11 is 1.29. The summed E-state index contributed by atoms with van der Waals surface area (Å²) in [6, 6.07) is 12.4. The summed E-state index contributed by atoms with van der Waals surface area (Å²) < 4.78 is 1.92. The number of nitrogens with one attached hydrogen (secondary N) is 1. The van der Waals surface area contributed by atoms with Crippen LogP contribution in [0.5, 0.6) is 0 Å². The van der Waals surface area contributed by atoms with Gasteiger partial charge in [-0.15, -0.1) is 0 Å². The van der Waals surface area contributed by atoms with Crippen LogP contribution in [0.1, 0.15) is 5.56 Å². The van der Waals surface area contributed by atoms with Gasteiger partial charge in [-0.25, -0.2) is 4.98 Å². The number of anilines is 1. The minimum Gasteiger partial charge on any atom is -0.322 e. The number of thioether (sulfide) groups is 1. The van der Waals surface area contributed by atoms with Crippen molar-refractivity contribution in [1.29, 1.82) is 0 Å². The molecule has 0 atom stereocenters. The molecule has 1 aromatic heterocycles. The van der Waals surface area contributed by atoms with Crippen molar-refractivity contribution >= 4 is 40.1 Å². The molecule has 0 aliphatic carbocycles. The van der Waals surface area contributed by atoms with Crippen LogP contribution in [0, 0.1) is 17.0 Å². The third kappa shape index (κ3) is 3.63. The normalized spacial score (nSPS) is 10.8. The Hall–Kier alpha value is -2.87. The molecule has 0 bridgehead atoms. The summed E-state index contributed by atoms with van der Waals surface area (Å²) in [5.41, 5.74) is 2.70. The lowest BCUT2D eigenvalue weighted by Crippen LogP contribution is -2.15. The van der Waals surface area contributed by atoms with Crippen LogP contribution in [0.4, 0.5) is 11.4 Å². The predicted molar refractivity (Wildman–Crippen MR) is 97.9 cm³/mol. The van der Waals surface area contributed by atoms with E-state index in [9.17, 15) is 14.9 Å².